The molecule has 0 unspecified atom stereocenters. The highest BCUT2D eigenvalue weighted by Crippen LogP contribution is 2.30. The Kier molecular flexibility index (Phi) is 7.52. The molecule has 156 valence electrons. The van der Waals surface area contributed by atoms with Gasteiger partial charge >= 0.3 is 6.18 Å². The Morgan fingerprint density at radius 3 is 2.34 bits per heavy atom. The van der Waals surface area contributed by atoms with Crippen LogP contribution < -0.4 is 5.43 Å². The van der Waals surface area contributed by atoms with Gasteiger partial charge in [-0.2, -0.15) is 22.6 Å². The van der Waals surface area contributed by atoms with Crippen LogP contribution in [-0.2, 0) is 27.4 Å². The van der Waals surface area contributed by atoms with Crippen LogP contribution in [0.3, 0.4) is 0 Å². The van der Waals surface area contributed by atoms with Crippen LogP contribution in [0.4, 0.5) is 13.2 Å². The van der Waals surface area contributed by atoms with Gasteiger partial charge in [0.2, 0.25) is 10.0 Å². The van der Waals surface area contributed by atoms with Crippen LogP contribution in [-0.4, -0.2) is 44.2 Å². The van der Waals surface area contributed by atoms with E-state index in [-0.39, 0.29) is 12.1 Å². The summed E-state index contributed by atoms with van der Waals surface area (Å²) in [6, 6.07) is 13.9. The molecule has 0 saturated carbocycles. The van der Waals surface area contributed by atoms with E-state index in [1.54, 1.807) is 0 Å². The fourth-order valence-corrected chi connectivity index (χ4v) is 3.27. The molecule has 6 nitrogen and oxygen atoms in total. The summed E-state index contributed by atoms with van der Waals surface area (Å²) < 4.78 is 63.6. The molecule has 0 radical (unpaired) electrons. The summed E-state index contributed by atoms with van der Waals surface area (Å²) in [6.07, 6.45) is -2.30. The summed E-state index contributed by atoms with van der Waals surface area (Å²) in [6.45, 7) is -0.416. The molecule has 0 aliphatic carbocycles. The third-order valence-corrected chi connectivity index (χ3v) is 5.19. The first-order valence-electron chi connectivity index (χ1n) is 8.54. The van der Waals surface area contributed by atoms with Crippen LogP contribution in [0.1, 0.15) is 16.7 Å². The van der Waals surface area contributed by atoms with Crippen molar-refractivity contribution < 1.29 is 26.4 Å². The van der Waals surface area contributed by atoms with Gasteiger partial charge in [-0.25, -0.2) is 13.8 Å². The van der Waals surface area contributed by atoms with E-state index in [4.69, 9.17) is 0 Å². The van der Waals surface area contributed by atoms with E-state index in [2.05, 4.69) is 10.5 Å². The van der Waals surface area contributed by atoms with Crippen molar-refractivity contribution in [2.75, 3.05) is 19.3 Å². The predicted octanol–water partition coefficient (Wildman–Crippen LogP) is 2.66. The lowest BCUT2D eigenvalue weighted by molar-refractivity contribution is -0.137. The van der Waals surface area contributed by atoms with Gasteiger partial charge in [0.15, 0.2) is 0 Å². The fourth-order valence-electron chi connectivity index (χ4n) is 2.50. The summed E-state index contributed by atoms with van der Waals surface area (Å²) in [5.41, 5.74) is 1.87. The lowest BCUT2D eigenvalue weighted by atomic mass is 10.1. The Morgan fingerprint density at radius 1 is 1.10 bits per heavy atom. The molecule has 0 aliphatic heterocycles. The standard InChI is InChI=1S/C19H20F3N3O3S/c1-29(27,28)25(12-11-15-7-3-2-4-8-15)14-18(26)24-23-13-16-9-5-6-10-17(16)19(20,21)22/h2-10,13H,11-12,14H2,1H3,(H,24,26)/b23-13+. The quantitative estimate of drug-likeness (QED) is 0.520. The van der Waals surface area contributed by atoms with E-state index in [9.17, 15) is 26.4 Å². The summed E-state index contributed by atoms with van der Waals surface area (Å²) in [5, 5.41) is 3.52. The number of rotatable bonds is 8. The van der Waals surface area contributed by atoms with E-state index in [1.165, 1.54) is 18.2 Å². The van der Waals surface area contributed by atoms with Crippen molar-refractivity contribution in [2.24, 2.45) is 5.10 Å². The largest absolute Gasteiger partial charge is 0.417 e. The Balaban J connectivity index is 1.99. The van der Waals surface area contributed by atoms with E-state index in [1.807, 2.05) is 30.3 Å². The second-order valence-corrected chi connectivity index (χ2v) is 8.19. The molecule has 29 heavy (non-hydrogen) atoms. The lowest BCUT2D eigenvalue weighted by Crippen LogP contribution is -2.40. The third kappa shape index (κ3) is 7.31. The van der Waals surface area contributed by atoms with Crippen molar-refractivity contribution in [1.82, 2.24) is 9.73 Å². The minimum Gasteiger partial charge on any atom is -0.272 e. The number of carbonyl (C=O) groups excluding carboxylic acids is 1. The van der Waals surface area contributed by atoms with Gasteiger partial charge < -0.3 is 0 Å². The van der Waals surface area contributed by atoms with Crippen LogP contribution >= 0.6 is 0 Å². The van der Waals surface area contributed by atoms with Gasteiger partial charge in [0.05, 0.1) is 24.6 Å². The zero-order chi connectivity index (χ0) is 21.5. The zero-order valence-corrected chi connectivity index (χ0v) is 16.4. The van der Waals surface area contributed by atoms with Gasteiger partial charge in [-0.1, -0.05) is 48.5 Å². The second kappa shape index (κ2) is 9.66. The topological polar surface area (TPSA) is 78.8 Å². The monoisotopic (exact) mass is 427 g/mol. The Bertz CT molecular complexity index is 961. The average Bonchev–Trinajstić information content (AvgIpc) is 2.64. The number of nitrogens with one attached hydrogen (secondary N) is 1. The minimum atomic E-state index is -4.56. The van der Waals surface area contributed by atoms with Crippen LogP contribution in [0.25, 0.3) is 0 Å². The van der Waals surface area contributed by atoms with E-state index in [0.717, 1.165) is 28.4 Å². The third-order valence-electron chi connectivity index (χ3n) is 3.94. The molecule has 1 N–H and O–H groups in total. The summed E-state index contributed by atoms with van der Waals surface area (Å²) >= 11 is 0. The fraction of sp³-hybridized carbons (Fsp3) is 0.263. The molecule has 0 atom stereocenters. The average molecular weight is 427 g/mol. The lowest BCUT2D eigenvalue weighted by Gasteiger charge is -2.18. The second-order valence-electron chi connectivity index (χ2n) is 6.21. The van der Waals surface area contributed by atoms with Crippen molar-refractivity contribution >= 4 is 22.1 Å². The molecule has 2 aromatic carbocycles. The molecule has 0 aliphatic rings. The van der Waals surface area contributed by atoms with Crippen molar-refractivity contribution in [3.05, 3.63) is 71.3 Å². The van der Waals surface area contributed by atoms with Crippen molar-refractivity contribution in [3.63, 3.8) is 0 Å². The van der Waals surface area contributed by atoms with Crippen molar-refractivity contribution in [2.45, 2.75) is 12.6 Å². The number of benzene rings is 2. The van der Waals surface area contributed by atoms with E-state index < -0.39 is 34.2 Å². The maximum Gasteiger partial charge on any atom is 0.417 e. The van der Waals surface area contributed by atoms with Crippen molar-refractivity contribution in [1.29, 1.82) is 0 Å². The smallest absolute Gasteiger partial charge is 0.272 e. The zero-order valence-electron chi connectivity index (χ0n) is 15.6. The number of carbonyl (C=O) groups is 1. The summed E-state index contributed by atoms with van der Waals surface area (Å²) in [4.78, 5) is 12.0. The first kappa shape index (κ1) is 22.6. The highest BCUT2D eigenvalue weighted by Gasteiger charge is 2.32. The molecule has 10 heteroatoms. The predicted molar refractivity (Wildman–Crippen MR) is 104 cm³/mol. The molecular formula is C19H20F3N3O3S. The van der Waals surface area contributed by atoms with Crippen LogP contribution in [0.5, 0.6) is 0 Å². The minimum absolute atomic E-state index is 0.0802. The number of hydrazone groups is 1. The molecule has 0 spiro atoms. The van der Waals surface area contributed by atoms with Gasteiger partial charge in [0, 0.05) is 12.1 Å². The highest BCUT2D eigenvalue weighted by molar-refractivity contribution is 7.88. The van der Waals surface area contributed by atoms with Gasteiger partial charge in [0.25, 0.3) is 5.91 Å². The maximum absolute atomic E-state index is 12.9. The normalized spacial score (nSPS) is 12.4. The molecule has 0 aromatic heterocycles. The van der Waals surface area contributed by atoms with Gasteiger partial charge in [-0.05, 0) is 18.1 Å². The molecule has 1 amide bonds. The van der Waals surface area contributed by atoms with Crippen molar-refractivity contribution in [3.8, 4) is 0 Å². The molecule has 0 bridgehead atoms. The molecular weight excluding hydrogens is 407 g/mol. The number of halogens is 3. The molecule has 0 heterocycles. The number of hydrogen-bond acceptors (Lipinski definition) is 4. The Hall–Kier alpha value is -2.72. The first-order chi connectivity index (χ1) is 13.6. The number of nitrogens with zero attached hydrogens (tertiary/aromatic N) is 2. The number of sulfonamides is 1. The molecule has 2 aromatic rings. The number of hydrogen-bond donors (Lipinski definition) is 1. The van der Waals surface area contributed by atoms with Gasteiger partial charge in [0.1, 0.15) is 0 Å². The SMILES string of the molecule is CS(=O)(=O)N(CCc1ccccc1)CC(=O)N/N=C/c1ccccc1C(F)(F)F. The van der Waals surface area contributed by atoms with Crippen LogP contribution in [0.15, 0.2) is 59.7 Å². The summed E-state index contributed by atoms with van der Waals surface area (Å²) in [7, 11) is -3.66. The molecule has 2 rings (SSSR count). The molecule has 0 saturated heterocycles. The first-order valence-corrected chi connectivity index (χ1v) is 10.4. The summed E-state index contributed by atoms with van der Waals surface area (Å²) in [5.74, 6) is -0.760. The van der Waals surface area contributed by atoms with Crippen LogP contribution in [0, 0.1) is 0 Å². The van der Waals surface area contributed by atoms with Crippen LogP contribution in [0.2, 0.25) is 0 Å². The molecule has 0 fully saturated rings. The van der Waals surface area contributed by atoms with Gasteiger partial charge in [-0.15, -0.1) is 0 Å². The van der Waals surface area contributed by atoms with E-state index >= 15 is 0 Å². The Morgan fingerprint density at radius 2 is 1.72 bits per heavy atom. The highest BCUT2D eigenvalue weighted by atomic mass is 32.2. The number of alkyl halides is 3. The number of amides is 1. The van der Waals surface area contributed by atoms with Gasteiger partial charge in [-0.3, -0.25) is 4.79 Å². The van der Waals surface area contributed by atoms with E-state index in [0.29, 0.717) is 6.42 Å². The Labute approximate surface area is 167 Å². The maximum atomic E-state index is 12.9.